The van der Waals surface area contributed by atoms with Gasteiger partial charge in [0.2, 0.25) is 10.0 Å². The van der Waals surface area contributed by atoms with Crippen molar-refractivity contribution in [3.05, 3.63) is 0 Å². The Morgan fingerprint density at radius 2 is 1.76 bits per heavy atom. The Balaban J connectivity index is 2.94. The molecule has 1 aliphatic rings. The normalized spacial score (nSPS) is 22.6. The van der Waals surface area contributed by atoms with E-state index in [4.69, 9.17) is 0 Å². The van der Waals surface area contributed by atoms with Crippen LogP contribution in [0.2, 0.25) is 0 Å². The lowest BCUT2D eigenvalue weighted by molar-refractivity contribution is 0.128. The van der Waals surface area contributed by atoms with E-state index in [1.807, 2.05) is 6.92 Å². The maximum absolute atomic E-state index is 12.3. The molecule has 2 unspecified atom stereocenters. The zero-order valence-corrected chi connectivity index (χ0v) is 11.9. The maximum atomic E-state index is 12.3. The molecule has 1 saturated carbocycles. The van der Waals surface area contributed by atoms with Gasteiger partial charge in [-0.3, -0.25) is 0 Å². The van der Waals surface area contributed by atoms with Crippen molar-refractivity contribution in [2.45, 2.75) is 56.8 Å². The summed E-state index contributed by atoms with van der Waals surface area (Å²) in [5.74, 6) is 0.117. The van der Waals surface area contributed by atoms with Crippen LogP contribution < -0.4 is 0 Å². The molecule has 1 rings (SSSR count). The van der Waals surface area contributed by atoms with Gasteiger partial charge in [0.25, 0.3) is 0 Å². The quantitative estimate of drug-likeness (QED) is 0.819. The van der Waals surface area contributed by atoms with Gasteiger partial charge in [0.05, 0.1) is 6.10 Å². The van der Waals surface area contributed by atoms with Crippen molar-refractivity contribution in [1.29, 1.82) is 0 Å². The van der Waals surface area contributed by atoms with Gasteiger partial charge >= 0.3 is 0 Å². The summed E-state index contributed by atoms with van der Waals surface area (Å²) in [6.07, 6.45) is 4.96. The Hall–Kier alpha value is -0.130. The number of rotatable bonds is 5. The smallest absolute Gasteiger partial charge is 0.219 e. The molecular weight excluding hydrogens is 238 g/mol. The van der Waals surface area contributed by atoms with E-state index in [1.165, 1.54) is 10.7 Å². The second-order valence-corrected chi connectivity index (χ2v) is 7.47. The lowest BCUT2D eigenvalue weighted by atomic mass is 9.84. The molecule has 0 heterocycles. The molecule has 0 aromatic heterocycles. The van der Waals surface area contributed by atoms with Crippen molar-refractivity contribution in [2.75, 3.05) is 14.1 Å². The molecule has 0 radical (unpaired) electrons. The summed E-state index contributed by atoms with van der Waals surface area (Å²) < 4.78 is 25.8. The predicted molar refractivity (Wildman–Crippen MR) is 69.3 cm³/mol. The summed E-state index contributed by atoms with van der Waals surface area (Å²) in [5.41, 5.74) is 0. The standard InChI is InChI=1S/C12H25NO3S/c1-4-11(14)12(17(15,16)13(2)3)10-8-6-5-7-9-10/h10-12,14H,4-9H2,1-3H3. The van der Waals surface area contributed by atoms with Gasteiger partial charge in [-0.05, 0) is 25.2 Å². The van der Waals surface area contributed by atoms with Crippen molar-refractivity contribution in [3.63, 3.8) is 0 Å². The highest BCUT2D eigenvalue weighted by molar-refractivity contribution is 7.89. The molecule has 102 valence electrons. The molecule has 0 amide bonds. The topological polar surface area (TPSA) is 57.6 Å². The lowest BCUT2D eigenvalue weighted by Crippen LogP contribution is -2.46. The Bertz CT molecular complexity index is 321. The molecule has 2 atom stereocenters. The van der Waals surface area contributed by atoms with Gasteiger partial charge in [-0.25, -0.2) is 12.7 Å². The highest BCUT2D eigenvalue weighted by Crippen LogP contribution is 2.33. The van der Waals surface area contributed by atoms with E-state index < -0.39 is 21.4 Å². The summed E-state index contributed by atoms with van der Waals surface area (Å²) in [6, 6.07) is 0. The van der Waals surface area contributed by atoms with Gasteiger partial charge in [-0.2, -0.15) is 0 Å². The fourth-order valence-corrected chi connectivity index (χ4v) is 4.53. The molecule has 0 aromatic carbocycles. The summed E-state index contributed by atoms with van der Waals surface area (Å²) in [7, 11) is -0.268. The highest BCUT2D eigenvalue weighted by atomic mass is 32.2. The van der Waals surface area contributed by atoms with E-state index in [0.29, 0.717) is 6.42 Å². The van der Waals surface area contributed by atoms with Gasteiger partial charge in [-0.15, -0.1) is 0 Å². The molecule has 1 fully saturated rings. The van der Waals surface area contributed by atoms with Crippen molar-refractivity contribution in [3.8, 4) is 0 Å². The molecule has 0 aliphatic heterocycles. The molecule has 4 nitrogen and oxygen atoms in total. The second kappa shape index (κ2) is 6.16. The third kappa shape index (κ3) is 3.42. The van der Waals surface area contributed by atoms with Gasteiger partial charge in [0.15, 0.2) is 0 Å². The summed E-state index contributed by atoms with van der Waals surface area (Å²) in [5, 5.41) is 9.43. The first-order valence-electron chi connectivity index (χ1n) is 6.50. The number of hydrogen-bond acceptors (Lipinski definition) is 3. The second-order valence-electron chi connectivity index (χ2n) is 5.17. The Labute approximate surface area is 105 Å². The Morgan fingerprint density at radius 3 is 2.18 bits per heavy atom. The predicted octanol–water partition coefficient (Wildman–Crippen LogP) is 1.60. The van der Waals surface area contributed by atoms with Gasteiger partial charge in [-0.1, -0.05) is 26.2 Å². The molecule has 1 N–H and O–H groups in total. The average molecular weight is 263 g/mol. The van der Waals surface area contributed by atoms with Crippen LogP contribution in [0.25, 0.3) is 0 Å². The number of hydrogen-bond donors (Lipinski definition) is 1. The molecule has 0 aromatic rings. The third-order valence-electron chi connectivity index (χ3n) is 3.76. The minimum atomic E-state index is -3.37. The first kappa shape index (κ1) is 14.9. The first-order chi connectivity index (χ1) is 7.91. The van der Waals surface area contributed by atoms with Gasteiger partial charge < -0.3 is 5.11 Å². The van der Waals surface area contributed by atoms with E-state index >= 15 is 0 Å². The van der Waals surface area contributed by atoms with E-state index in [2.05, 4.69) is 0 Å². The zero-order chi connectivity index (χ0) is 13.1. The Kier molecular flexibility index (Phi) is 5.41. The zero-order valence-electron chi connectivity index (χ0n) is 11.1. The molecule has 5 heteroatoms. The monoisotopic (exact) mass is 263 g/mol. The van der Waals surface area contributed by atoms with Crippen LogP contribution in [-0.4, -0.2) is 43.3 Å². The van der Waals surface area contributed by atoms with Crippen LogP contribution in [0.15, 0.2) is 0 Å². The van der Waals surface area contributed by atoms with Crippen LogP contribution in [0.1, 0.15) is 45.4 Å². The molecule has 1 aliphatic carbocycles. The number of aliphatic hydroxyl groups is 1. The van der Waals surface area contributed by atoms with Gasteiger partial charge in [0, 0.05) is 14.1 Å². The Morgan fingerprint density at radius 1 is 1.24 bits per heavy atom. The minimum Gasteiger partial charge on any atom is -0.392 e. The first-order valence-corrected chi connectivity index (χ1v) is 8.01. The molecule has 0 saturated heterocycles. The van der Waals surface area contributed by atoms with E-state index in [1.54, 1.807) is 14.1 Å². The molecular formula is C12H25NO3S. The lowest BCUT2D eigenvalue weighted by Gasteiger charge is -2.34. The summed E-state index contributed by atoms with van der Waals surface area (Å²) in [6.45, 7) is 1.84. The third-order valence-corrected chi connectivity index (χ3v) is 6.17. The molecule has 0 spiro atoms. The van der Waals surface area contributed by atoms with Crippen molar-refractivity contribution >= 4 is 10.0 Å². The van der Waals surface area contributed by atoms with E-state index in [9.17, 15) is 13.5 Å². The maximum Gasteiger partial charge on any atom is 0.219 e. The van der Waals surface area contributed by atoms with Crippen LogP contribution in [0.4, 0.5) is 0 Å². The highest BCUT2D eigenvalue weighted by Gasteiger charge is 2.39. The summed E-state index contributed by atoms with van der Waals surface area (Å²) in [4.78, 5) is 0. The molecule has 17 heavy (non-hydrogen) atoms. The van der Waals surface area contributed by atoms with E-state index in [0.717, 1.165) is 25.7 Å². The van der Waals surface area contributed by atoms with Crippen LogP contribution >= 0.6 is 0 Å². The number of nitrogens with zero attached hydrogens (tertiary/aromatic N) is 1. The number of sulfonamides is 1. The number of aliphatic hydroxyl groups excluding tert-OH is 1. The fraction of sp³-hybridized carbons (Fsp3) is 1.00. The summed E-state index contributed by atoms with van der Waals surface area (Å²) >= 11 is 0. The van der Waals surface area contributed by atoms with Crippen molar-refractivity contribution < 1.29 is 13.5 Å². The molecule has 0 bridgehead atoms. The van der Waals surface area contributed by atoms with Crippen LogP contribution in [0.3, 0.4) is 0 Å². The van der Waals surface area contributed by atoms with Crippen molar-refractivity contribution in [2.24, 2.45) is 5.92 Å². The van der Waals surface area contributed by atoms with Crippen LogP contribution in [-0.2, 0) is 10.0 Å². The fourth-order valence-electron chi connectivity index (χ4n) is 2.69. The largest absolute Gasteiger partial charge is 0.392 e. The average Bonchev–Trinajstić information content (AvgIpc) is 2.30. The SMILES string of the molecule is CCC(O)C(C1CCCCC1)S(=O)(=O)N(C)C. The van der Waals surface area contributed by atoms with Crippen LogP contribution in [0, 0.1) is 5.92 Å². The van der Waals surface area contributed by atoms with Crippen molar-refractivity contribution in [1.82, 2.24) is 4.31 Å². The van der Waals surface area contributed by atoms with Gasteiger partial charge in [0.1, 0.15) is 5.25 Å². The minimum absolute atomic E-state index is 0.117. The van der Waals surface area contributed by atoms with Crippen LogP contribution in [0.5, 0.6) is 0 Å². The van der Waals surface area contributed by atoms with E-state index in [-0.39, 0.29) is 5.92 Å².